The fourth-order valence-corrected chi connectivity index (χ4v) is 3.62. The third-order valence-corrected chi connectivity index (χ3v) is 4.51. The summed E-state index contributed by atoms with van der Waals surface area (Å²) in [5.41, 5.74) is 1.19. The van der Waals surface area contributed by atoms with Crippen LogP contribution in [0, 0.1) is 0 Å². The highest BCUT2D eigenvalue weighted by atomic mass is 32.1. The molecule has 0 saturated heterocycles. The second-order valence-electron chi connectivity index (χ2n) is 5.28. The zero-order valence-corrected chi connectivity index (χ0v) is 11.2. The van der Waals surface area contributed by atoms with E-state index in [-0.39, 0.29) is 11.3 Å². The van der Waals surface area contributed by atoms with Gasteiger partial charge < -0.3 is 4.74 Å². The minimum Gasteiger partial charge on any atom is -0.370 e. The molecule has 3 aromatic heterocycles. The second kappa shape index (κ2) is 3.40. The standard InChI is InChI=1S/C11H11N5O2S/c1-11(2)3-5-6(4-18-11)19-9-7(5)8-13-14-15-16(8)10(17)12-9/h3-4H2,1-2H3,(H,12,17). The van der Waals surface area contributed by atoms with E-state index >= 15 is 0 Å². The van der Waals surface area contributed by atoms with Crippen molar-refractivity contribution < 1.29 is 4.74 Å². The monoisotopic (exact) mass is 277 g/mol. The van der Waals surface area contributed by atoms with E-state index in [1.807, 2.05) is 0 Å². The van der Waals surface area contributed by atoms with E-state index in [4.69, 9.17) is 4.74 Å². The molecule has 0 saturated carbocycles. The lowest BCUT2D eigenvalue weighted by molar-refractivity contribution is -0.0379. The molecule has 8 heteroatoms. The van der Waals surface area contributed by atoms with Gasteiger partial charge in [-0.05, 0) is 29.8 Å². The van der Waals surface area contributed by atoms with Gasteiger partial charge in [-0.15, -0.1) is 21.0 Å². The quantitative estimate of drug-likeness (QED) is 0.659. The average molecular weight is 277 g/mol. The van der Waals surface area contributed by atoms with Crippen molar-refractivity contribution in [1.29, 1.82) is 0 Å². The van der Waals surface area contributed by atoms with E-state index in [9.17, 15) is 4.79 Å². The number of tetrazole rings is 1. The molecule has 1 aliphatic heterocycles. The molecule has 4 heterocycles. The molecule has 1 aliphatic rings. The van der Waals surface area contributed by atoms with E-state index in [1.54, 1.807) is 11.3 Å². The topological polar surface area (TPSA) is 85.2 Å². The summed E-state index contributed by atoms with van der Waals surface area (Å²) in [7, 11) is 0. The summed E-state index contributed by atoms with van der Waals surface area (Å²) >= 11 is 1.54. The predicted molar refractivity (Wildman–Crippen MR) is 69.4 cm³/mol. The molecule has 0 atom stereocenters. The van der Waals surface area contributed by atoms with Crippen LogP contribution in [0.15, 0.2) is 4.79 Å². The molecule has 7 nitrogen and oxygen atoms in total. The number of nitrogens with one attached hydrogen (secondary N) is 1. The number of hydrogen-bond acceptors (Lipinski definition) is 6. The molecule has 0 spiro atoms. The predicted octanol–water partition coefficient (Wildman–Crippen LogP) is 0.879. The van der Waals surface area contributed by atoms with Crippen LogP contribution in [-0.2, 0) is 17.8 Å². The van der Waals surface area contributed by atoms with Gasteiger partial charge in [-0.2, -0.15) is 0 Å². The van der Waals surface area contributed by atoms with Gasteiger partial charge in [-0.3, -0.25) is 4.98 Å². The molecule has 0 aliphatic carbocycles. The molecule has 0 amide bonds. The van der Waals surface area contributed by atoms with Crippen molar-refractivity contribution in [2.75, 3.05) is 0 Å². The highest BCUT2D eigenvalue weighted by Gasteiger charge is 2.30. The molecule has 0 fully saturated rings. The van der Waals surface area contributed by atoms with Gasteiger partial charge in [0.15, 0.2) is 5.65 Å². The number of hydrogen-bond donors (Lipinski definition) is 1. The first-order chi connectivity index (χ1) is 9.05. The van der Waals surface area contributed by atoms with Crippen LogP contribution in [0.2, 0.25) is 0 Å². The Morgan fingerprint density at radius 1 is 1.47 bits per heavy atom. The third-order valence-electron chi connectivity index (χ3n) is 3.39. The second-order valence-corrected chi connectivity index (χ2v) is 6.38. The summed E-state index contributed by atoms with van der Waals surface area (Å²) in [5, 5.41) is 12.2. The fraction of sp³-hybridized carbons (Fsp3) is 0.455. The summed E-state index contributed by atoms with van der Waals surface area (Å²) < 4.78 is 7.01. The van der Waals surface area contributed by atoms with Crippen molar-refractivity contribution in [3.8, 4) is 0 Å². The molecule has 0 bridgehead atoms. The molecule has 3 aromatic rings. The maximum absolute atomic E-state index is 11.8. The summed E-state index contributed by atoms with van der Waals surface area (Å²) in [6.45, 7) is 4.69. The van der Waals surface area contributed by atoms with Crippen LogP contribution in [0.5, 0.6) is 0 Å². The van der Waals surface area contributed by atoms with Gasteiger partial charge in [-0.25, -0.2) is 4.79 Å². The summed E-state index contributed by atoms with van der Waals surface area (Å²) in [5.74, 6) is 0. The molecular weight excluding hydrogens is 266 g/mol. The smallest absolute Gasteiger partial charge is 0.350 e. The number of H-pyrrole nitrogens is 1. The number of fused-ring (bicyclic) bond motifs is 5. The van der Waals surface area contributed by atoms with Gasteiger partial charge in [-0.1, -0.05) is 0 Å². The fourth-order valence-electron chi connectivity index (χ4n) is 2.51. The van der Waals surface area contributed by atoms with Crippen molar-refractivity contribution in [3.63, 3.8) is 0 Å². The summed E-state index contributed by atoms with van der Waals surface area (Å²) in [6.07, 6.45) is 0.789. The van der Waals surface area contributed by atoms with Crippen molar-refractivity contribution in [2.24, 2.45) is 0 Å². The van der Waals surface area contributed by atoms with E-state index in [0.29, 0.717) is 12.3 Å². The van der Waals surface area contributed by atoms with Crippen LogP contribution in [0.4, 0.5) is 0 Å². The Bertz CT molecular complexity index is 859. The van der Waals surface area contributed by atoms with E-state index in [2.05, 4.69) is 34.4 Å². The molecule has 0 unspecified atom stereocenters. The molecule has 4 rings (SSSR count). The van der Waals surface area contributed by atoms with Gasteiger partial charge in [0.2, 0.25) is 0 Å². The largest absolute Gasteiger partial charge is 0.370 e. The zero-order valence-electron chi connectivity index (χ0n) is 10.4. The van der Waals surface area contributed by atoms with Crippen LogP contribution in [-0.4, -0.2) is 30.6 Å². The first kappa shape index (κ1) is 11.1. The summed E-state index contributed by atoms with van der Waals surface area (Å²) in [6, 6.07) is 0. The Balaban J connectivity index is 2.15. The molecule has 0 radical (unpaired) electrons. The van der Waals surface area contributed by atoms with Crippen molar-refractivity contribution in [2.45, 2.75) is 32.5 Å². The highest BCUT2D eigenvalue weighted by Crippen LogP contribution is 2.38. The van der Waals surface area contributed by atoms with Crippen molar-refractivity contribution in [3.05, 3.63) is 20.9 Å². The summed E-state index contributed by atoms with van der Waals surface area (Å²) in [4.78, 5) is 16.6. The number of aromatic nitrogens is 5. The van der Waals surface area contributed by atoms with Crippen LogP contribution < -0.4 is 5.69 Å². The SMILES string of the molecule is CC1(C)Cc2c(sc3[nH]c(=O)n4nnnc4c23)CO1. The van der Waals surface area contributed by atoms with Crippen LogP contribution in [0.25, 0.3) is 15.9 Å². The molecule has 0 aromatic carbocycles. The van der Waals surface area contributed by atoms with Crippen LogP contribution in [0.3, 0.4) is 0 Å². The molecular formula is C11H11N5O2S. The van der Waals surface area contributed by atoms with E-state index in [0.717, 1.165) is 21.5 Å². The van der Waals surface area contributed by atoms with Crippen LogP contribution in [0.1, 0.15) is 24.3 Å². The van der Waals surface area contributed by atoms with Gasteiger partial charge in [0.25, 0.3) is 0 Å². The molecule has 19 heavy (non-hydrogen) atoms. The molecule has 98 valence electrons. The van der Waals surface area contributed by atoms with Crippen molar-refractivity contribution >= 4 is 27.2 Å². The Kier molecular flexibility index (Phi) is 1.98. The minimum atomic E-state index is -0.314. The number of rotatable bonds is 0. The van der Waals surface area contributed by atoms with Gasteiger partial charge in [0, 0.05) is 11.3 Å². The van der Waals surface area contributed by atoms with Crippen LogP contribution >= 0.6 is 11.3 Å². The number of nitrogens with zero attached hydrogens (tertiary/aromatic N) is 4. The van der Waals surface area contributed by atoms with Gasteiger partial charge in [0.1, 0.15) is 4.83 Å². The maximum Gasteiger partial charge on any atom is 0.350 e. The Hall–Kier alpha value is -1.80. The Morgan fingerprint density at radius 3 is 3.16 bits per heavy atom. The third kappa shape index (κ3) is 1.47. The van der Waals surface area contributed by atoms with E-state index in [1.165, 1.54) is 10.1 Å². The number of ether oxygens (including phenoxy) is 1. The normalized spacial score (nSPS) is 18.0. The lowest BCUT2D eigenvalue weighted by Crippen LogP contribution is -2.31. The van der Waals surface area contributed by atoms with Crippen molar-refractivity contribution in [1.82, 2.24) is 25.0 Å². The highest BCUT2D eigenvalue weighted by molar-refractivity contribution is 7.19. The van der Waals surface area contributed by atoms with Gasteiger partial charge >= 0.3 is 5.69 Å². The van der Waals surface area contributed by atoms with E-state index < -0.39 is 0 Å². The first-order valence-electron chi connectivity index (χ1n) is 5.94. The zero-order chi connectivity index (χ0) is 13.2. The lowest BCUT2D eigenvalue weighted by Gasteiger charge is -2.29. The van der Waals surface area contributed by atoms with Gasteiger partial charge in [0.05, 0.1) is 17.6 Å². The Labute approximate surface area is 111 Å². The average Bonchev–Trinajstić information content (AvgIpc) is 2.91. The Morgan fingerprint density at radius 2 is 2.32 bits per heavy atom. The lowest BCUT2D eigenvalue weighted by atomic mass is 9.94. The minimum absolute atomic E-state index is 0.207. The number of thiophene rings is 1. The maximum atomic E-state index is 11.8. The first-order valence-corrected chi connectivity index (χ1v) is 6.75. The molecule has 1 N–H and O–H groups in total. The number of aromatic amines is 1.